The fourth-order valence-electron chi connectivity index (χ4n) is 5.03. The second kappa shape index (κ2) is 8.06. The number of nitro benzene ring substituents is 1. The Bertz CT molecular complexity index is 1220. The van der Waals surface area contributed by atoms with Gasteiger partial charge in [0.1, 0.15) is 5.75 Å². The number of hydrogen-bond donors (Lipinski definition) is 0. The van der Waals surface area contributed by atoms with Crippen LogP contribution in [0.3, 0.4) is 0 Å². The molecule has 0 aliphatic carbocycles. The highest BCUT2D eigenvalue weighted by Gasteiger charge is 2.66. The Hall–Kier alpha value is -4.19. The zero-order valence-corrected chi connectivity index (χ0v) is 18.2. The van der Waals surface area contributed by atoms with Crippen molar-refractivity contribution >= 4 is 29.2 Å². The van der Waals surface area contributed by atoms with Gasteiger partial charge in [0.2, 0.25) is 0 Å². The molecule has 0 N–H and O–H groups in total. The number of carbonyl (C=O) groups is 2. The van der Waals surface area contributed by atoms with Crippen LogP contribution in [0.15, 0.2) is 48.5 Å². The molecule has 1 fully saturated rings. The molecule has 4 unspecified atom stereocenters. The van der Waals surface area contributed by atoms with Gasteiger partial charge in [0.25, 0.3) is 5.69 Å². The normalized spacial score (nSPS) is 24.9. The number of nitro groups is 1. The summed E-state index contributed by atoms with van der Waals surface area (Å²) in [5, 5.41) is 21.5. The number of nitriles is 1. The van der Waals surface area contributed by atoms with Crippen molar-refractivity contribution in [1.82, 2.24) is 0 Å². The largest absolute Gasteiger partial charge is 0.497 e. The van der Waals surface area contributed by atoms with Gasteiger partial charge in [0.05, 0.1) is 37.3 Å². The quantitative estimate of drug-likeness (QED) is 0.389. The van der Waals surface area contributed by atoms with Crippen LogP contribution in [0.2, 0.25) is 0 Å². The average Bonchev–Trinajstić information content (AvgIpc) is 3.14. The Morgan fingerprint density at radius 2 is 1.88 bits per heavy atom. The van der Waals surface area contributed by atoms with E-state index in [0.717, 1.165) is 5.56 Å². The number of esters is 1. The first-order valence-electron chi connectivity index (χ1n) is 10.2. The molecule has 2 aliphatic heterocycles. The SMILES string of the molecule is COC(=O)C1(C#N)C(c2ccc([N+](=O)[O-])cc2)C(C(C)=O)N2c3ccc(OC)cc3C=CC21. The maximum absolute atomic E-state index is 13.2. The number of methoxy groups -OCH3 is 2. The van der Waals surface area contributed by atoms with E-state index in [4.69, 9.17) is 9.47 Å². The topological polar surface area (TPSA) is 123 Å². The summed E-state index contributed by atoms with van der Waals surface area (Å²) in [6, 6.07) is 11.4. The number of benzene rings is 2. The van der Waals surface area contributed by atoms with Gasteiger partial charge >= 0.3 is 5.97 Å². The fraction of sp³-hybridized carbons (Fsp3) is 0.292. The standard InChI is InChI=1S/C24H21N3O6/c1-14(28)22-21(15-4-7-17(8-5-15)27(30)31)24(13-25,23(29)33-3)20-11-6-16-12-18(32-2)9-10-19(16)26(20)22/h4-12,20-22H,1-3H3. The zero-order chi connectivity index (χ0) is 23.9. The minimum Gasteiger partial charge on any atom is -0.497 e. The van der Waals surface area contributed by atoms with E-state index < -0.39 is 34.3 Å². The second-order valence-electron chi connectivity index (χ2n) is 7.99. The predicted molar refractivity (Wildman–Crippen MR) is 119 cm³/mol. The number of carbonyl (C=O) groups excluding carboxylic acids is 2. The van der Waals surface area contributed by atoms with Crippen molar-refractivity contribution in [2.24, 2.45) is 5.41 Å². The van der Waals surface area contributed by atoms with Gasteiger partial charge in [-0.1, -0.05) is 24.3 Å². The summed E-state index contributed by atoms with van der Waals surface area (Å²) in [7, 11) is 2.75. The van der Waals surface area contributed by atoms with E-state index in [0.29, 0.717) is 17.0 Å². The number of anilines is 1. The van der Waals surface area contributed by atoms with Crippen LogP contribution < -0.4 is 9.64 Å². The third kappa shape index (κ3) is 3.14. The van der Waals surface area contributed by atoms with Crippen molar-refractivity contribution in [2.45, 2.75) is 24.9 Å². The van der Waals surface area contributed by atoms with Crippen molar-refractivity contribution in [1.29, 1.82) is 5.26 Å². The number of ether oxygens (including phenoxy) is 2. The number of ketones is 1. The maximum Gasteiger partial charge on any atom is 0.329 e. The van der Waals surface area contributed by atoms with E-state index >= 15 is 0 Å². The van der Waals surface area contributed by atoms with Crippen LogP contribution in [0.5, 0.6) is 5.75 Å². The van der Waals surface area contributed by atoms with E-state index in [1.54, 1.807) is 36.3 Å². The molecular weight excluding hydrogens is 426 g/mol. The molecule has 0 amide bonds. The van der Waals surface area contributed by atoms with Gasteiger partial charge in [-0.2, -0.15) is 5.26 Å². The van der Waals surface area contributed by atoms with Crippen molar-refractivity contribution in [3.8, 4) is 11.8 Å². The highest BCUT2D eigenvalue weighted by Crippen LogP contribution is 2.56. The summed E-state index contributed by atoms with van der Waals surface area (Å²) in [4.78, 5) is 38.6. The predicted octanol–water partition coefficient (Wildman–Crippen LogP) is 3.24. The first-order chi connectivity index (χ1) is 15.8. The Morgan fingerprint density at radius 1 is 1.18 bits per heavy atom. The molecule has 2 aromatic rings. The molecule has 2 heterocycles. The van der Waals surface area contributed by atoms with Crippen LogP contribution >= 0.6 is 0 Å². The number of hydrogen-bond acceptors (Lipinski definition) is 8. The van der Waals surface area contributed by atoms with Crippen LogP contribution in [0.25, 0.3) is 6.08 Å². The molecule has 4 rings (SSSR count). The van der Waals surface area contributed by atoms with E-state index in [1.807, 2.05) is 6.07 Å². The number of rotatable bonds is 5. The summed E-state index contributed by atoms with van der Waals surface area (Å²) >= 11 is 0. The maximum atomic E-state index is 13.2. The lowest BCUT2D eigenvalue weighted by atomic mass is 9.68. The van der Waals surface area contributed by atoms with E-state index in [-0.39, 0.29) is 11.5 Å². The molecule has 0 spiro atoms. The van der Waals surface area contributed by atoms with Crippen LogP contribution in [0, 0.1) is 26.9 Å². The first-order valence-corrected chi connectivity index (χ1v) is 10.2. The summed E-state index contributed by atoms with van der Waals surface area (Å²) in [6.07, 6.45) is 3.52. The highest BCUT2D eigenvalue weighted by molar-refractivity contribution is 5.96. The van der Waals surface area contributed by atoms with E-state index in [1.165, 1.54) is 38.3 Å². The molecule has 2 aliphatic rings. The summed E-state index contributed by atoms with van der Waals surface area (Å²) < 4.78 is 10.4. The molecule has 0 bridgehead atoms. The lowest BCUT2D eigenvalue weighted by Gasteiger charge is -2.36. The van der Waals surface area contributed by atoms with Gasteiger partial charge in [0.15, 0.2) is 11.2 Å². The zero-order valence-electron chi connectivity index (χ0n) is 18.2. The van der Waals surface area contributed by atoms with Gasteiger partial charge in [-0.25, -0.2) is 0 Å². The van der Waals surface area contributed by atoms with Crippen molar-refractivity contribution in [3.05, 3.63) is 69.8 Å². The minimum atomic E-state index is -1.75. The third-order valence-corrected chi connectivity index (χ3v) is 6.43. The smallest absolute Gasteiger partial charge is 0.329 e. The van der Waals surface area contributed by atoms with Gasteiger partial charge in [0, 0.05) is 29.3 Å². The van der Waals surface area contributed by atoms with Crippen molar-refractivity contribution in [2.75, 3.05) is 19.1 Å². The van der Waals surface area contributed by atoms with Gasteiger partial charge in [-0.05, 0) is 30.7 Å². The molecule has 2 aromatic carbocycles. The molecule has 0 saturated carbocycles. The van der Waals surface area contributed by atoms with Gasteiger partial charge in [-0.3, -0.25) is 19.7 Å². The summed E-state index contributed by atoms with van der Waals surface area (Å²) in [6.45, 7) is 1.41. The van der Waals surface area contributed by atoms with Gasteiger partial charge in [-0.15, -0.1) is 0 Å². The fourth-order valence-corrected chi connectivity index (χ4v) is 5.03. The molecule has 1 saturated heterocycles. The Morgan fingerprint density at radius 3 is 2.42 bits per heavy atom. The average molecular weight is 447 g/mol. The lowest BCUT2D eigenvalue weighted by molar-refractivity contribution is -0.384. The minimum absolute atomic E-state index is 0.133. The Kier molecular flexibility index (Phi) is 5.38. The van der Waals surface area contributed by atoms with Crippen LogP contribution in [-0.2, 0) is 14.3 Å². The molecule has 168 valence electrons. The molecule has 0 aromatic heterocycles. The molecule has 33 heavy (non-hydrogen) atoms. The lowest BCUT2D eigenvalue weighted by Crippen LogP contribution is -2.46. The van der Waals surface area contributed by atoms with E-state index in [9.17, 15) is 25.0 Å². The number of Topliss-reactive ketones (excluding diaryl/α,β-unsaturated/α-hetero) is 1. The van der Waals surface area contributed by atoms with Gasteiger partial charge < -0.3 is 14.4 Å². The van der Waals surface area contributed by atoms with Crippen LogP contribution in [0.4, 0.5) is 11.4 Å². The molecular formula is C24H21N3O6. The van der Waals surface area contributed by atoms with Crippen molar-refractivity contribution in [3.63, 3.8) is 0 Å². The summed E-state index contributed by atoms with van der Waals surface area (Å²) in [5.74, 6) is -1.31. The molecule has 9 nitrogen and oxygen atoms in total. The number of fused-ring (bicyclic) bond motifs is 3. The molecule has 0 radical (unpaired) electrons. The van der Waals surface area contributed by atoms with E-state index in [2.05, 4.69) is 6.07 Å². The van der Waals surface area contributed by atoms with Crippen LogP contribution in [0.1, 0.15) is 24.0 Å². The number of non-ortho nitro benzene ring substituents is 1. The third-order valence-electron chi connectivity index (χ3n) is 6.43. The Balaban J connectivity index is 1.98. The summed E-state index contributed by atoms with van der Waals surface area (Å²) in [5.41, 5.74) is 0.0294. The second-order valence-corrected chi connectivity index (χ2v) is 7.99. The Labute approximate surface area is 190 Å². The highest BCUT2D eigenvalue weighted by atomic mass is 16.6. The monoisotopic (exact) mass is 447 g/mol. The first kappa shape index (κ1) is 22.0. The van der Waals surface area contributed by atoms with Crippen LogP contribution in [-0.4, -0.2) is 43.0 Å². The van der Waals surface area contributed by atoms with Crippen molar-refractivity contribution < 1.29 is 24.0 Å². The number of nitrogens with zero attached hydrogens (tertiary/aromatic N) is 3. The molecule has 9 heteroatoms. The molecule has 4 atom stereocenters.